The van der Waals surface area contributed by atoms with E-state index in [4.69, 9.17) is 23.2 Å². The van der Waals surface area contributed by atoms with E-state index in [1.807, 2.05) is 30.3 Å². The molecule has 4 rings (SSSR count). The molecule has 0 saturated heterocycles. The van der Waals surface area contributed by atoms with Crippen LogP contribution in [0.3, 0.4) is 0 Å². The maximum atomic E-state index is 12.7. The van der Waals surface area contributed by atoms with Gasteiger partial charge < -0.3 is 0 Å². The number of nitrogens with zero attached hydrogens (tertiary/aromatic N) is 2. The summed E-state index contributed by atoms with van der Waals surface area (Å²) in [7, 11) is 0. The highest BCUT2D eigenvalue weighted by Gasteiger charge is 2.30. The van der Waals surface area contributed by atoms with Crippen molar-refractivity contribution < 1.29 is 9.59 Å². The lowest BCUT2D eigenvalue weighted by Gasteiger charge is -2.16. The molecule has 0 bridgehead atoms. The van der Waals surface area contributed by atoms with Crippen LogP contribution in [0, 0.1) is 0 Å². The molecule has 0 radical (unpaired) electrons. The molecular formula is C20H13Cl2N3O2. The zero-order valence-corrected chi connectivity index (χ0v) is 15.5. The van der Waals surface area contributed by atoms with Crippen molar-refractivity contribution in [2.45, 2.75) is 0 Å². The van der Waals surface area contributed by atoms with E-state index in [-0.39, 0.29) is 12.5 Å². The van der Waals surface area contributed by atoms with Crippen molar-refractivity contribution in [1.29, 1.82) is 0 Å². The highest BCUT2D eigenvalue weighted by atomic mass is 35.5. The summed E-state index contributed by atoms with van der Waals surface area (Å²) >= 11 is 11.8. The molecule has 0 aromatic heterocycles. The molecule has 1 aliphatic rings. The molecule has 7 heteroatoms. The summed E-state index contributed by atoms with van der Waals surface area (Å²) in [5.74, 6) is -0.588. The molecule has 134 valence electrons. The van der Waals surface area contributed by atoms with Crippen molar-refractivity contribution >= 4 is 57.7 Å². The number of carbonyl (C=O) groups is 2. The summed E-state index contributed by atoms with van der Waals surface area (Å²) in [5, 5.41) is 6.60. The van der Waals surface area contributed by atoms with E-state index in [1.54, 1.807) is 24.3 Å². The van der Waals surface area contributed by atoms with Crippen LogP contribution in [0.1, 0.15) is 15.9 Å². The molecule has 0 spiro atoms. The van der Waals surface area contributed by atoms with Crippen LogP contribution in [0.5, 0.6) is 0 Å². The minimum Gasteiger partial charge on any atom is -0.298 e. The van der Waals surface area contributed by atoms with Gasteiger partial charge in [-0.05, 0) is 35.2 Å². The second kappa shape index (κ2) is 7.02. The first-order valence-electron chi connectivity index (χ1n) is 8.15. The smallest absolute Gasteiger partial charge is 0.260 e. The highest BCUT2D eigenvalue weighted by molar-refractivity contribution is 6.42. The van der Waals surface area contributed by atoms with Gasteiger partial charge >= 0.3 is 0 Å². The van der Waals surface area contributed by atoms with E-state index in [2.05, 4.69) is 10.5 Å². The number of hydrogen-bond acceptors (Lipinski definition) is 3. The van der Waals surface area contributed by atoms with Crippen molar-refractivity contribution in [2.24, 2.45) is 5.10 Å². The van der Waals surface area contributed by atoms with Crippen molar-refractivity contribution in [3.63, 3.8) is 0 Å². The van der Waals surface area contributed by atoms with Gasteiger partial charge in [0, 0.05) is 10.9 Å². The third-order valence-electron chi connectivity index (χ3n) is 4.30. The Kier molecular flexibility index (Phi) is 4.56. The predicted octanol–water partition coefficient (Wildman–Crippen LogP) is 4.26. The number of hydrogen-bond donors (Lipinski definition) is 1. The molecular weight excluding hydrogens is 385 g/mol. The molecule has 0 atom stereocenters. The number of nitrogens with one attached hydrogen (secondary N) is 1. The topological polar surface area (TPSA) is 61.8 Å². The minimum absolute atomic E-state index is 0.120. The first-order chi connectivity index (χ1) is 13.0. The maximum absolute atomic E-state index is 12.7. The van der Waals surface area contributed by atoms with E-state index >= 15 is 0 Å². The van der Waals surface area contributed by atoms with Crippen LogP contribution in [-0.4, -0.2) is 24.6 Å². The number of halogens is 2. The molecule has 0 fully saturated rings. The van der Waals surface area contributed by atoms with E-state index in [0.717, 1.165) is 16.5 Å². The molecule has 1 N–H and O–H groups in total. The third kappa shape index (κ3) is 3.27. The van der Waals surface area contributed by atoms with Gasteiger partial charge in [0.25, 0.3) is 11.8 Å². The first kappa shape index (κ1) is 17.5. The van der Waals surface area contributed by atoms with Crippen LogP contribution in [0.15, 0.2) is 59.7 Å². The average molecular weight is 398 g/mol. The van der Waals surface area contributed by atoms with Crippen molar-refractivity contribution in [1.82, 2.24) is 5.43 Å². The minimum atomic E-state index is -0.399. The lowest BCUT2D eigenvalue weighted by molar-refractivity contribution is -0.119. The van der Waals surface area contributed by atoms with Gasteiger partial charge in [-0.3, -0.25) is 14.5 Å². The highest BCUT2D eigenvalue weighted by Crippen LogP contribution is 2.36. The normalized spacial score (nSPS) is 13.0. The van der Waals surface area contributed by atoms with Crippen LogP contribution in [0.2, 0.25) is 10.0 Å². The number of amides is 2. The molecule has 0 aliphatic carbocycles. The molecule has 5 nitrogen and oxygen atoms in total. The second-order valence-corrected chi connectivity index (χ2v) is 6.85. The number of rotatable bonds is 4. The van der Waals surface area contributed by atoms with Gasteiger partial charge in [0.2, 0.25) is 0 Å². The Labute approximate surface area is 165 Å². The first-order valence-corrected chi connectivity index (χ1v) is 8.91. The maximum Gasteiger partial charge on any atom is 0.260 e. The molecule has 1 heterocycles. The van der Waals surface area contributed by atoms with E-state index < -0.39 is 5.91 Å². The molecule has 2 amide bonds. The van der Waals surface area contributed by atoms with Gasteiger partial charge in [-0.2, -0.15) is 5.10 Å². The van der Waals surface area contributed by atoms with Gasteiger partial charge in [-0.1, -0.05) is 53.5 Å². The Morgan fingerprint density at radius 2 is 1.85 bits per heavy atom. The fourth-order valence-corrected chi connectivity index (χ4v) is 3.39. The van der Waals surface area contributed by atoms with Crippen molar-refractivity contribution in [2.75, 3.05) is 11.4 Å². The van der Waals surface area contributed by atoms with Gasteiger partial charge in [0.05, 0.1) is 21.9 Å². The number of benzene rings is 3. The Balaban J connectivity index is 1.48. The summed E-state index contributed by atoms with van der Waals surface area (Å²) in [6.45, 7) is -0.120. The zero-order chi connectivity index (χ0) is 19.0. The standard InChI is InChI=1S/C20H13Cl2N3O2/c21-15-8-7-12(9-16(15)22)10-23-24-18(26)11-25-17-6-2-4-13-3-1-5-14(19(13)17)20(25)27/h1-10H,11H2,(H,24,26)/b23-10-. The zero-order valence-electron chi connectivity index (χ0n) is 13.9. The summed E-state index contributed by atoms with van der Waals surface area (Å²) in [4.78, 5) is 26.4. The van der Waals surface area contributed by atoms with Crippen LogP contribution in [0.4, 0.5) is 5.69 Å². The Hall–Kier alpha value is -2.89. The lowest BCUT2D eigenvalue weighted by atomic mass is 10.1. The molecule has 0 saturated carbocycles. The SMILES string of the molecule is O=C(CN1C(=O)c2cccc3cccc1c23)N/N=C\c1ccc(Cl)c(Cl)c1. The van der Waals surface area contributed by atoms with E-state index in [0.29, 0.717) is 21.2 Å². The lowest BCUT2D eigenvalue weighted by Crippen LogP contribution is -2.37. The van der Waals surface area contributed by atoms with Crippen molar-refractivity contribution in [3.05, 3.63) is 75.8 Å². The van der Waals surface area contributed by atoms with E-state index in [1.165, 1.54) is 11.1 Å². The second-order valence-electron chi connectivity index (χ2n) is 6.04. The predicted molar refractivity (Wildman–Crippen MR) is 108 cm³/mol. The summed E-state index contributed by atoms with van der Waals surface area (Å²) in [6, 6.07) is 16.2. The van der Waals surface area contributed by atoms with Crippen LogP contribution in [0.25, 0.3) is 10.8 Å². The fourth-order valence-electron chi connectivity index (χ4n) is 3.09. The van der Waals surface area contributed by atoms with E-state index in [9.17, 15) is 9.59 Å². The fraction of sp³-hybridized carbons (Fsp3) is 0.0500. The molecule has 3 aromatic carbocycles. The van der Waals surface area contributed by atoms with Crippen LogP contribution >= 0.6 is 23.2 Å². The van der Waals surface area contributed by atoms with Gasteiger partial charge in [-0.25, -0.2) is 5.43 Å². The van der Waals surface area contributed by atoms with Crippen LogP contribution < -0.4 is 10.3 Å². The molecule has 27 heavy (non-hydrogen) atoms. The van der Waals surface area contributed by atoms with Crippen LogP contribution in [-0.2, 0) is 4.79 Å². The average Bonchev–Trinajstić information content (AvgIpc) is 2.93. The number of anilines is 1. The Bertz CT molecular complexity index is 1110. The molecule has 3 aromatic rings. The van der Waals surface area contributed by atoms with Gasteiger partial charge in [-0.15, -0.1) is 0 Å². The monoisotopic (exact) mass is 397 g/mol. The van der Waals surface area contributed by atoms with Gasteiger partial charge in [0.15, 0.2) is 0 Å². The largest absolute Gasteiger partial charge is 0.298 e. The Morgan fingerprint density at radius 1 is 1.07 bits per heavy atom. The van der Waals surface area contributed by atoms with Gasteiger partial charge in [0.1, 0.15) is 6.54 Å². The quantitative estimate of drug-likeness (QED) is 0.528. The summed E-state index contributed by atoms with van der Waals surface area (Å²) in [5.41, 5.74) is 4.47. The summed E-state index contributed by atoms with van der Waals surface area (Å²) in [6.07, 6.45) is 1.46. The Morgan fingerprint density at radius 3 is 2.63 bits per heavy atom. The number of hydrazone groups is 1. The molecule has 0 unspecified atom stereocenters. The van der Waals surface area contributed by atoms with Crippen molar-refractivity contribution in [3.8, 4) is 0 Å². The molecule has 1 aliphatic heterocycles. The third-order valence-corrected chi connectivity index (χ3v) is 5.04. The number of carbonyl (C=O) groups excluding carboxylic acids is 2. The summed E-state index contributed by atoms with van der Waals surface area (Å²) < 4.78 is 0.